The van der Waals surface area contributed by atoms with Crippen molar-refractivity contribution in [3.63, 3.8) is 0 Å². The molecule has 19 heavy (non-hydrogen) atoms. The summed E-state index contributed by atoms with van der Waals surface area (Å²) in [5, 5.41) is -1.05. The summed E-state index contributed by atoms with van der Waals surface area (Å²) in [5.74, 6) is -0.331. The third-order valence-corrected chi connectivity index (χ3v) is 4.73. The smallest absolute Gasteiger partial charge is 0.300 e. The number of alkyl halides is 3. The standard InChI is InChI=1S/C12H13F3O3S/c1-8(16)6-9(2)19(17,18)11-5-3-4-10(7-11)12(13,14)15/h3-5,7,9H,6H2,1-2H3. The molecule has 0 fully saturated rings. The Kier molecular flexibility index (Phi) is 4.39. The van der Waals surface area contributed by atoms with Gasteiger partial charge in [-0.05, 0) is 32.0 Å². The van der Waals surface area contributed by atoms with Gasteiger partial charge in [-0.3, -0.25) is 4.79 Å². The molecule has 0 spiro atoms. The van der Waals surface area contributed by atoms with Crippen LogP contribution in [0.15, 0.2) is 29.2 Å². The number of rotatable bonds is 4. The van der Waals surface area contributed by atoms with Gasteiger partial charge in [0.2, 0.25) is 0 Å². The molecule has 0 heterocycles. The Hall–Kier alpha value is -1.37. The molecular weight excluding hydrogens is 281 g/mol. The molecule has 1 aromatic carbocycles. The van der Waals surface area contributed by atoms with Crippen molar-refractivity contribution in [3.05, 3.63) is 29.8 Å². The molecule has 1 aromatic rings. The Labute approximate surface area is 109 Å². The average Bonchev–Trinajstić information content (AvgIpc) is 2.27. The summed E-state index contributed by atoms with van der Waals surface area (Å²) < 4.78 is 61.6. The SMILES string of the molecule is CC(=O)CC(C)S(=O)(=O)c1cccc(C(F)(F)F)c1. The Morgan fingerprint density at radius 3 is 2.37 bits per heavy atom. The Morgan fingerprint density at radius 2 is 1.89 bits per heavy atom. The van der Waals surface area contributed by atoms with Crippen LogP contribution in [0.1, 0.15) is 25.8 Å². The lowest BCUT2D eigenvalue weighted by atomic mass is 10.2. The van der Waals surface area contributed by atoms with Gasteiger partial charge in [0.15, 0.2) is 9.84 Å². The molecule has 0 N–H and O–H groups in total. The van der Waals surface area contributed by atoms with Gasteiger partial charge in [0.1, 0.15) is 5.78 Å². The van der Waals surface area contributed by atoms with Crippen molar-refractivity contribution in [1.82, 2.24) is 0 Å². The number of hydrogen-bond donors (Lipinski definition) is 0. The Morgan fingerprint density at radius 1 is 1.32 bits per heavy atom. The molecule has 0 amide bonds. The van der Waals surface area contributed by atoms with Gasteiger partial charge >= 0.3 is 6.18 Å². The van der Waals surface area contributed by atoms with Crippen LogP contribution < -0.4 is 0 Å². The summed E-state index contributed by atoms with van der Waals surface area (Å²) in [6.07, 6.45) is -4.83. The van der Waals surface area contributed by atoms with Gasteiger partial charge in [-0.15, -0.1) is 0 Å². The number of benzene rings is 1. The third kappa shape index (κ3) is 3.79. The highest BCUT2D eigenvalue weighted by Crippen LogP contribution is 2.31. The normalized spacial score (nSPS) is 14.2. The minimum atomic E-state index is -4.60. The highest BCUT2D eigenvalue weighted by atomic mass is 32.2. The van der Waals surface area contributed by atoms with Crippen molar-refractivity contribution in [2.24, 2.45) is 0 Å². The van der Waals surface area contributed by atoms with Crippen LogP contribution in [-0.4, -0.2) is 19.5 Å². The van der Waals surface area contributed by atoms with E-state index < -0.39 is 31.7 Å². The fourth-order valence-corrected chi connectivity index (χ4v) is 3.07. The van der Waals surface area contributed by atoms with Gasteiger partial charge in [-0.2, -0.15) is 13.2 Å². The first kappa shape index (κ1) is 15.7. The fourth-order valence-electron chi connectivity index (χ4n) is 1.60. The number of ketones is 1. The van der Waals surface area contributed by atoms with E-state index in [0.717, 1.165) is 18.2 Å². The lowest BCUT2D eigenvalue weighted by Gasteiger charge is -2.13. The second-order valence-electron chi connectivity index (χ2n) is 4.29. The maximum absolute atomic E-state index is 12.5. The van der Waals surface area contributed by atoms with Gasteiger partial charge in [0, 0.05) is 6.42 Å². The van der Waals surface area contributed by atoms with Crippen LogP contribution in [0.4, 0.5) is 13.2 Å². The third-order valence-electron chi connectivity index (χ3n) is 2.59. The van der Waals surface area contributed by atoms with Crippen LogP contribution in [0.5, 0.6) is 0 Å². The van der Waals surface area contributed by atoms with Crippen molar-refractivity contribution >= 4 is 15.6 Å². The molecule has 0 aliphatic rings. The summed E-state index contributed by atoms with van der Waals surface area (Å²) in [4.78, 5) is 10.5. The lowest BCUT2D eigenvalue weighted by Crippen LogP contribution is -2.21. The molecule has 1 rings (SSSR count). The monoisotopic (exact) mass is 294 g/mol. The van der Waals surface area contributed by atoms with Crippen molar-refractivity contribution < 1.29 is 26.4 Å². The first-order chi connectivity index (χ1) is 8.55. The zero-order valence-electron chi connectivity index (χ0n) is 10.4. The highest BCUT2D eigenvalue weighted by molar-refractivity contribution is 7.92. The molecule has 106 valence electrons. The maximum Gasteiger partial charge on any atom is 0.416 e. The van der Waals surface area contributed by atoms with Crippen LogP contribution in [0, 0.1) is 0 Å². The largest absolute Gasteiger partial charge is 0.416 e. The summed E-state index contributed by atoms with van der Waals surface area (Å²) in [6.45, 7) is 2.54. The van der Waals surface area contributed by atoms with E-state index in [-0.39, 0.29) is 12.2 Å². The average molecular weight is 294 g/mol. The predicted octanol–water partition coefficient (Wildman–Crippen LogP) is 2.85. The van der Waals surface area contributed by atoms with Crippen molar-refractivity contribution in [1.29, 1.82) is 0 Å². The molecule has 1 atom stereocenters. The second kappa shape index (κ2) is 5.32. The second-order valence-corrected chi connectivity index (χ2v) is 6.65. The molecule has 0 radical (unpaired) electrons. The molecule has 0 aliphatic carbocycles. The van der Waals surface area contributed by atoms with E-state index in [0.29, 0.717) is 6.07 Å². The van der Waals surface area contributed by atoms with Crippen LogP contribution in [0.3, 0.4) is 0 Å². The van der Waals surface area contributed by atoms with Gasteiger partial charge in [0.05, 0.1) is 15.7 Å². The zero-order valence-corrected chi connectivity index (χ0v) is 11.2. The topological polar surface area (TPSA) is 51.2 Å². The van der Waals surface area contributed by atoms with E-state index in [2.05, 4.69) is 0 Å². The van der Waals surface area contributed by atoms with E-state index in [1.165, 1.54) is 13.8 Å². The molecule has 0 bridgehead atoms. The number of carbonyl (C=O) groups excluding carboxylic acids is 1. The zero-order chi connectivity index (χ0) is 14.8. The van der Waals surface area contributed by atoms with Gasteiger partial charge in [-0.1, -0.05) is 6.07 Å². The Bertz CT molecular complexity index is 576. The molecule has 0 saturated carbocycles. The number of sulfone groups is 1. The molecule has 7 heteroatoms. The number of halogens is 3. The van der Waals surface area contributed by atoms with Crippen molar-refractivity contribution in [2.45, 2.75) is 36.6 Å². The quantitative estimate of drug-likeness (QED) is 0.858. The van der Waals surface area contributed by atoms with Crippen LogP contribution in [0.2, 0.25) is 0 Å². The minimum Gasteiger partial charge on any atom is -0.300 e. The summed E-state index contributed by atoms with van der Waals surface area (Å²) in [5.41, 5.74) is -1.02. The van der Waals surface area contributed by atoms with E-state index in [9.17, 15) is 26.4 Å². The number of carbonyl (C=O) groups is 1. The fraction of sp³-hybridized carbons (Fsp3) is 0.417. The maximum atomic E-state index is 12.5. The van der Waals surface area contributed by atoms with Gasteiger partial charge in [0.25, 0.3) is 0 Å². The van der Waals surface area contributed by atoms with Crippen molar-refractivity contribution in [2.75, 3.05) is 0 Å². The Balaban J connectivity index is 3.19. The molecule has 3 nitrogen and oxygen atoms in total. The van der Waals surface area contributed by atoms with Gasteiger partial charge < -0.3 is 0 Å². The van der Waals surface area contributed by atoms with E-state index in [1.54, 1.807) is 0 Å². The lowest BCUT2D eigenvalue weighted by molar-refractivity contribution is -0.137. The van der Waals surface area contributed by atoms with Crippen LogP contribution in [-0.2, 0) is 20.8 Å². The van der Waals surface area contributed by atoms with Crippen LogP contribution >= 0.6 is 0 Å². The molecule has 1 unspecified atom stereocenters. The minimum absolute atomic E-state index is 0.224. The molecule has 0 aromatic heterocycles. The summed E-state index contributed by atoms with van der Waals surface area (Å²) in [7, 11) is -3.94. The van der Waals surface area contributed by atoms with E-state index in [4.69, 9.17) is 0 Å². The highest BCUT2D eigenvalue weighted by Gasteiger charge is 2.32. The first-order valence-corrected chi connectivity index (χ1v) is 7.00. The molecular formula is C12H13F3O3S. The first-order valence-electron chi connectivity index (χ1n) is 5.45. The molecule has 0 saturated heterocycles. The van der Waals surface area contributed by atoms with E-state index >= 15 is 0 Å². The number of Topliss-reactive ketones (excluding diaryl/α,β-unsaturated/α-hetero) is 1. The van der Waals surface area contributed by atoms with Gasteiger partial charge in [-0.25, -0.2) is 8.42 Å². The van der Waals surface area contributed by atoms with Crippen LogP contribution in [0.25, 0.3) is 0 Å². The summed E-state index contributed by atoms with van der Waals surface area (Å²) in [6, 6.07) is 3.53. The summed E-state index contributed by atoms with van der Waals surface area (Å²) >= 11 is 0. The molecule has 0 aliphatic heterocycles. The number of hydrogen-bond acceptors (Lipinski definition) is 3. The predicted molar refractivity (Wildman–Crippen MR) is 63.4 cm³/mol. The van der Waals surface area contributed by atoms with Crippen molar-refractivity contribution in [3.8, 4) is 0 Å². The van der Waals surface area contributed by atoms with E-state index in [1.807, 2.05) is 0 Å².